The SMILES string of the molecule is CCc1nc2sc([C@H](c3ccc(Cl)c(Cl)c3)N3CCC(C(=O)OC)CC3)c(O)n2n1. The average molecular weight is 469 g/mol. The zero-order chi connectivity index (χ0) is 21.4. The Morgan fingerprint density at radius 3 is 2.67 bits per heavy atom. The van der Waals surface area contributed by atoms with Crippen LogP contribution in [-0.2, 0) is 16.0 Å². The number of aryl methyl sites for hydroxylation is 1. The number of aromatic nitrogens is 3. The van der Waals surface area contributed by atoms with E-state index in [-0.39, 0.29) is 23.8 Å². The molecule has 3 aromatic rings. The van der Waals surface area contributed by atoms with Crippen molar-refractivity contribution in [2.45, 2.75) is 32.2 Å². The average Bonchev–Trinajstić information content (AvgIpc) is 3.30. The quantitative estimate of drug-likeness (QED) is 0.560. The molecule has 2 aromatic heterocycles. The lowest BCUT2D eigenvalue weighted by Crippen LogP contribution is -2.39. The number of halogens is 2. The van der Waals surface area contributed by atoms with Crippen molar-refractivity contribution < 1.29 is 14.6 Å². The Morgan fingerprint density at radius 2 is 2.07 bits per heavy atom. The van der Waals surface area contributed by atoms with Crippen LogP contribution in [0.15, 0.2) is 18.2 Å². The van der Waals surface area contributed by atoms with Gasteiger partial charge < -0.3 is 9.84 Å². The Hall–Kier alpha value is -1.87. The Bertz CT molecular complexity index is 1080. The smallest absolute Gasteiger partial charge is 0.308 e. The van der Waals surface area contributed by atoms with Crippen molar-refractivity contribution in [1.82, 2.24) is 19.5 Å². The molecule has 1 aromatic carbocycles. The second-order valence-corrected chi connectivity index (χ2v) is 9.10. The summed E-state index contributed by atoms with van der Waals surface area (Å²) in [6.07, 6.45) is 2.07. The molecule has 160 valence electrons. The maximum absolute atomic E-state index is 11.9. The van der Waals surface area contributed by atoms with Crippen molar-refractivity contribution in [2.75, 3.05) is 20.2 Å². The maximum atomic E-state index is 11.9. The summed E-state index contributed by atoms with van der Waals surface area (Å²) in [5.41, 5.74) is 0.913. The number of nitrogens with zero attached hydrogens (tertiary/aromatic N) is 4. The lowest BCUT2D eigenvalue weighted by Gasteiger charge is -2.36. The Balaban J connectivity index is 1.73. The number of ether oxygens (including phenoxy) is 1. The molecular weight excluding hydrogens is 447 g/mol. The molecule has 1 saturated heterocycles. The number of hydrogen-bond donors (Lipinski definition) is 1. The summed E-state index contributed by atoms with van der Waals surface area (Å²) in [7, 11) is 1.42. The minimum absolute atomic E-state index is 0.0772. The standard InChI is InChI=1S/C20H22Cl2N4O3S/c1-3-15-23-20-26(24-15)18(27)17(30-20)16(12-4-5-13(21)14(22)10-12)25-8-6-11(7-9-25)19(28)29-2/h4-5,10-11,16,27H,3,6-9H2,1-2H3/t16-/m0/s1. The van der Waals surface area contributed by atoms with Crippen LogP contribution in [0.2, 0.25) is 10.0 Å². The molecule has 10 heteroatoms. The largest absolute Gasteiger partial charge is 0.492 e. The van der Waals surface area contributed by atoms with Crippen LogP contribution in [0.3, 0.4) is 0 Å². The van der Waals surface area contributed by atoms with E-state index in [4.69, 9.17) is 27.9 Å². The number of hydrogen-bond acceptors (Lipinski definition) is 7. The van der Waals surface area contributed by atoms with Gasteiger partial charge in [0.1, 0.15) is 0 Å². The van der Waals surface area contributed by atoms with E-state index in [0.29, 0.717) is 53.2 Å². The lowest BCUT2D eigenvalue weighted by molar-refractivity contribution is -0.147. The van der Waals surface area contributed by atoms with Crippen molar-refractivity contribution in [1.29, 1.82) is 0 Å². The lowest BCUT2D eigenvalue weighted by atomic mass is 9.94. The van der Waals surface area contributed by atoms with Gasteiger partial charge in [0.15, 0.2) is 5.82 Å². The first kappa shape index (κ1) is 21.4. The summed E-state index contributed by atoms with van der Waals surface area (Å²) in [6.45, 7) is 3.33. The monoisotopic (exact) mass is 468 g/mol. The van der Waals surface area contributed by atoms with Crippen LogP contribution in [0.4, 0.5) is 0 Å². The fourth-order valence-corrected chi connectivity index (χ4v) is 5.33. The van der Waals surface area contributed by atoms with Gasteiger partial charge in [-0.25, -0.2) is 4.98 Å². The minimum Gasteiger partial charge on any atom is -0.492 e. The Kier molecular flexibility index (Phi) is 6.20. The van der Waals surface area contributed by atoms with E-state index < -0.39 is 0 Å². The molecular formula is C20H22Cl2N4O3S. The molecule has 3 heterocycles. The normalized spacial score (nSPS) is 16.8. The maximum Gasteiger partial charge on any atom is 0.308 e. The van der Waals surface area contributed by atoms with Crippen LogP contribution in [0.25, 0.3) is 4.96 Å². The zero-order valence-corrected chi connectivity index (χ0v) is 19.0. The second kappa shape index (κ2) is 8.70. The number of carbonyl (C=O) groups is 1. The summed E-state index contributed by atoms with van der Waals surface area (Å²) in [6, 6.07) is 5.25. The summed E-state index contributed by atoms with van der Waals surface area (Å²) >= 11 is 13.8. The number of rotatable bonds is 5. The summed E-state index contributed by atoms with van der Waals surface area (Å²) in [5.74, 6) is 0.486. The van der Waals surface area contributed by atoms with Crippen LogP contribution >= 0.6 is 34.5 Å². The molecule has 1 aliphatic heterocycles. The highest BCUT2D eigenvalue weighted by atomic mass is 35.5. The first-order valence-corrected chi connectivity index (χ1v) is 11.3. The number of carbonyl (C=O) groups excluding carboxylic acids is 1. The van der Waals surface area contributed by atoms with Crippen LogP contribution < -0.4 is 0 Å². The molecule has 1 atom stereocenters. The number of benzene rings is 1. The number of aromatic hydroxyl groups is 1. The van der Waals surface area contributed by atoms with Crippen LogP contribution in [-0.4, -0.2) is 50.8 Å². The van der Waals surface area contributed by atoms with E-state index in [2.05, 4.69) is 15.0 Å². The van der Waals surface area contributed by atoms with Crippen LogP contribution in [0.5, 0.6) is 5.88 Å². The molecule has 0 unspecified atom stereocenters. The first-order valence-electron chi connectivity index (χ1n) is 9.77. The van der Waals surface area contributed by atoms with E-state index in [1.54, 1.807) is 6.07 Å². The van der Waals surface area contributed by atoms with Gasteiger partial charge >= 0.3 is 5.97 Å². The number of thiazole rings is 1. The van der Waals surface area contributed by atoms with Gasteiger partial charge in [0, 0.05) is 6.42 Å². The molecule has 0 radical (unpaired) electrons. The fourth-order valence-electron chi connectivity index (χ4n) is 3.89. The highest BCUT2D eigenvalue weighted by molar-refractivity contribution is 7.17. The van der Waals surface area contributed by atoms with Crippen molar-refractivity contribution in [3.05, 3.63) is 44.5 Å². The molecule has 7 nitrogen and oxygen atoms in total. The van der Waals surface area contributed by atoms with Crippen molar-refractivity contribution in [3.63, 3.8) is 0 Å². The third kappa shape index (κ3) is 3.89. The predicted octanol–water partition coefficient (Wildman–Crippen LogP) is 4.34. The van der Waals surface area contributed by atoms with Gasteiger partial charge in [0.05, 0.1) is 34.0 Å². The third-order valence-corrected chi connectivity index (χ3v) is 7.31. The Morgan fingerprint density at radius 1 is 1.33 bits per heavy atom. The third-order valence-electron chi connectivity index (χ3n) is 5.50. The number of methoxy groups -OCH3 is 1. The number of fused-ring (bicyclic) bond motifs is 1. The number of esters is 1. The van der Waals surface area contributed by atoms with Crippen molar-refractivity contribution in [2.24, 2.45) is 5.92 Å². The molecule has 0 aliphatic carbocycles. The number of likely N-dealkylation sites (tertiary alicyclic amines) is 1. The molecule has 0 bridgehead atoms. The summed E-state index contributed by atoms with van der Waals surface area (Å²) in [4.78, 5) is 20.1. The molecule has 1 aliphatic rings. The first-order chi connectivity index (χ1) is 14.4. The number of piperidine rings is 1. The minimum atomic E-state index is -0.253. The van der Waals surface area contributed by atoms with Gasteiger partial charge in [-0.3, -0.25) is 9.69 Å². The second-order valence-electron chi connectivity index (χ2n) is 7.28. The molecule has 4 rings (SSSR count). The molecule has 0 saturated carbocycles. The van der Waals surface area contributed by atoms with Gasteiger partial charge in [-0.15, -0.1) is 5.10 Å². The van der Waals surface area contributed by atoms with Gasteiger partial charge in [0.2, 0.25) is 10.8 Å². The highest BCUT2D eigenvalue weighted by Gasteiger charge is 2.34. The topological polar surface area (TPSA) is 80.0 Å². The summed E-state index contributed by atoms with van der Waals surface area (Å²) < 4.78 is 6.40. The molecule has 1 fully saturated rings. The van der Waals surface area contributed by atoms with Gasteiger partial charge in [0.25, 0.3) is 0 Å². The van der Waals surface area contributed by atoms with E-state index in [1.807, 2.05) is 19.1 Å². The van der Waals surface area contributed by atoms with E-state index in [9.17, 15) is 9.90 Å². The van der Waals surface area contributed by atoms with E-state index >= 15 is 0 Å². The fraction of sp³-hybridized carbons (Fsp3) is 0.450. The van der Waals surface area contributed by atoms with Crippen molar-refractivity contribution in [3.8, 4) is 5.88 Å². The van der Waals surface area contributed by atoms with E-state index in [0.717, 1.165) is 10.4 Å². The van der Waals surface area contributed by atoms with Gasteiger partial charge in [-0.1, -0.05) is 47.5 Å². The van der Waals surface area contributed by atoms with Gasteiger partial charge in [-0.05, 0) is 43.6 Å². The van der Waals surface area contributed by atoms with Crippen molar-refractivity contribution >= 4 is 45.5 Å². The highest BCUT2D eigenvalue weighted by Crippen LogP contribution is 2.42. The molecule has 0 amide bonds. The van der Waals surface area contributed by atoms with E-state index in [1.165, 1.54) is 23.0 Å². The molecule has 0 spiro atoms. The zero-order valence-electron chi connectivity index (χ0n) is 16.6. The molecule has 30 heavy (non-hydrogen) atoms. The Labute approximate surface area is 188 Å². The van der Waals surface area contributed by atoms with Crippen LogP contribution in [0.1, 0.15) is 42.1 Å². The molecule has 1 N–H and O–H groups in total. The predicted molar refractivity (Wildman–Crippen MR) is 117 cm³/mol. The van der Waals surface area contributed by atoms with Crippen LogP contribution in [0, 0.1) is 5.92 Å². The van der Waals surface area contributed by atoms with Gasteiger partial charge in [-0.2, -0.15) is 4.52 Å². The summed E-state index contributed by atoms with van der Waals surface area (Å²) in [5, 5.41) is 16.3.